The predicted molar refractivity (Wildman–Crippen MR) is 32.4 cm³/mol. The highest BCUT2D eigenvalue weighted by Crippen LogP contribution is 2.06. The Morgan fingerprint density at radius 3 is 2.62 bits per heavy atom. The van der Waals surface area contributed by atoms with E-state index >= 15 is 0 Å². The van der Waals surface area contributed by atoms with Gasteiger partial charge in [0, 0.05) is 13.1 Å². The highest BCUT2D eigenvalue weighted by atomic mass is 16.3. The molecule has 0 saturated carbocycles. The molecule has 1 saturated heterocycles. The third-order valence-electron chi connectivity index (χ3n) is 1.41. The van der Waals surface area contributed by atoms with Gasteiger partial charge in [0.05, 0.1) is 6.10 Å². The highest BCUT2D eigenvalue weighted by molar-refractivity contribution is 4.78. The molecule has 1 radical (unpaired) electrons. The second kappa shape index (κ2) is 2.46. The standard InChI is InChI=1S/C6H12NO/c1-2-3-7-4-6(8)5-7/h6,8H,1-5H2. The van der Waals surface area contributed by atoms with E-state index in [0.29, 0.717) is 0 Å². The third kappa shape index (κ3) is 1.20. The number of β-amino-alcohol motifs (C(OH)–C–C–N with tert-alkyl or cyclic N) is 1. The lowest BCUT2D eigenvalue weighted by Gasteiger charge is -2.35. The molecule has 1 aliphatic rings. The molecule has 1 heterocycles. The zero-order valence-electron chi connectivity index (χ0n) is 5.01. The van der Waals surface area contributed by atoms with Gasteiger partial charge in [-0.15, -0.1) is 0 Å². The number of hydrogen-bond donors (Lipinski definition) is 1. The topological polar surface area (TPSA) is 23.5 Å². The molecule has 0 unspecified atom stereocenters. The van der Waals surface area contributed by atoms with Crippen LogP contribution in [0.3, 0.4) is 0 Å². The molecule has 1 N–H and O–H groups in total. The van der Waals surface area contributed by atoms with Gasteiger partial charge in [-0.1, -0.05) is 6.92 Å². The summed E-state index contributed by atoms with van der Waals surface area (Å²) in [5.41, 5.74) is 0. The van der Waals surface area contributed by atoms with Crippen molar-refractivity contribution in [3.63, 3.8) is 0 Å². The minimum atomic E-state index is -0.0541. The lowest BCUT2D eigenvalue weighted by molar-refractivity contribution is 0.00340. The first-order chi connectivity index (χ1) is 3.83. The normalized spacial score (nSPS) is 23.2. The van der Waals surface area contributed by atoms with Crippen LogP contribution in [0.2, 0.25) is 0 Å². The first kappa shape index (κ1) is 6.05. The van der Waals surface area contributed by atoms with Crippen LogP contribution in [0, 0.1) is 6.92 Å². The van der Waals surface area contributed by atoms with Crippen LogP contribution >= 0.6 is 0 Å². The molecule has 0 aromatic heterocycles. The Morgan fingerprint density at radius 1 is 1.62 bits per heavy atom. The Hall–Kier alpha value is -0.0800. The maximum absolute atomic E-state index is 8.78. The second-order valence-corrected chi connectivity index (χ2v) is 2.27. The Kier molecular flexibility index (Phi) is 1.86. The minimum absolute atomic E-state index is 0.0541. The Morgan fingerprint density at radius 2 is 2.25 bits per heavy atom. The van der Waals surface area contributed by atoms with E-state index in [1.54, 1.807) is 0 Å². The fourth-order valence-corrected chi connectivity index (χ4v) is 0.949. The van der Waals surface area contributed by atoms with E-state index in [-0.39, 0.29) is 6.10 Å². The van der Waals surface area contributed by atoms with Crippen molar-refractivity contribution < 1.29 is 5.11 Å². The van der Waals surface area contributed by atoms with E-state index in [2.05, 4.69) is 11.8 Å². The molecule has 1 aliphatic heterocycles. The van der Waals surface area contributed by atoms with Crippen LogP contribution < -0.4 is 0 Å². The summed E-state index contributed by atoms with van der Waals surface area (Å²) in [6.45, 7) is 6.46. The zero-order chi connectivity index (χ0) is 5.98. The molecule has 0 bridgehead atoms. The Balaban J connectivity index is 1.98. The summed E-state index contributed by atoms with van der Waals surface area (Å²) in [5, 5.41) is 8.78. The van der Waals surface area contributed by atoms with E-state index in [4.69, 9.17) is 5.11 Å². The molecule has 0 aromatic rings. The van der Waals surface area contributed by atoms with Crippen molar-refractivity contribution in [3.8, 4) is 0 Å². The molecule has 2 nitrogen and oxygen atoms in total. The first-order valence-electron chi connectivity index (χ1n) is 3.02. The number of aliphatic hydroxyl groups is 1. The molecule has 2 heteroatoms. The van der Waals surface area contributed by atoms with Crippen LogP contribution in [0.4, 0.5) is 0 Å². The van der Waals surface area contributed by atoms with Gasteiger partial charge in [-0.25, -0.2) is 0 Å². The fraction of sp³-hybridized carbons (Fsp3) is 0.833. The van der Waals surface area contributed by atoms with E-state index in [0.717, 1.165) is 26.1 Å². The van der Waals surface area contributed by atoms with Gasteiger partial charge in [-0.05, 0) is 13.0 Å². The summed E-state index contributed by atoms with van der Waals surface area (Å²) in [4.78, 5) is 2.19. The molecule has 0 spiro atoms. The van der Waals surface area contributed by atoms with Gasteiger partial charge in [0.1, 0.15) is 0 Å². The van der Waals surface area contributed by atoms with Crippen LogP contribution in [0.15, 0.2) is 0 Å². The van der Waals surface area contributed by atoms with Crippen LogP contribution in [0.5, 0.6) is 0 Å². The van der Waals surface area contributed by atoms with Crippen LogP contribution in [-0.2, 0) is 0 Å². The summed E-state index contributed by atoms with van der Waals surface area (Å²) in [7, 11) is 0. The van der Waals surface area contributed by atoms with Crippen molar-refractivity contribution in [3.05, 3.63) is 6.92 Å². The van der Waals surface area contributed by atoms with Crippen molar-refractivity contribution in [1.29, 1.82) is 0 Å². The van der Waals surface area contributed by atoms with Crippen molar-refractivity contribution in [2.45, 2.75) is 12.5 Å². The highest BCUT2D eigenvalue weighted by Gasteiger charge is 2.22. The average molecular weight is 114 g/mol. The van der Waals surface area contributed by atoms with Crippen molar-refractivity contribution >= 4 is 0 Å². The van der Waals surface area contributed by atoms with E-state index in [1.807, 2.05) is 0 Å². The van der Waals surface area contributed by atoms with E-state index in [1.165, 1.54) is 0 Å². The molecule has 1 fully saturated rings. The third-order valence-corrected chi connectivity index (χ3v) is 1.41. The molecule has 8 heavy (non-hydrogen) atoms. The van der Waals surface area contributed by atoms with Crippen LogP contribution in [0.1, 0.15) is 6.42 Å². The number of nitrogens with zero attached hydrogens (tertiary/aromatic N) is 1. The summed E-state index contributed by atoms with van der Waals surface area (Å²) in [5.74, 6) is 0. The van der Waals surface area contributed by atoms with Gasteiger partial charge < -0.3 is 5.11 Å². The van der Waals surface area contributed by atoms with E-state index in [9.17, 15) is 0 Å². The van der Waals surface area contributed by atoms with Crippen LogP contribution in [-0.4, -0.2) is 35.7 Å². The summed E-state index contributed by atoms with van der Waals surface area (Å²) in [6, 6.07) is 0. The summed E-state index contributed by atoms with van der Waals surface area (Å²) < 4.78 is 0. The Labute approximate surface area is 50.1 Å². The van der Waals surface area contributed by atoms with E-state index < -0.39 is 0 Å². The minimum Gasteiger partial charge on any atom is -0.390 e. The van der Waals surface area contributed by atoms with Gasteiger partial charge in [-0.2, -0.15) is 0 Å². The number of hydrogen-bond acceptors (Lipinski definition) is 2. The maximum atomic E-state index is 8.78. The molecule has 0 aromatic carbocycles. The quantitative estimate of drug-likeness (QED) is 0.541. The maximum Gasteiger partial charge on any atom is 0.0793 e. The first-order valence-corrected chi connectivity index (χ1v) is 3.02. The molecule has 1 rings (SSSR count). The second-order valence-electron chi connectivity index (χ2n) is 2.27. The number of rotatable bonds is 2. The average Bonchev–Trinajstić information content (AvgIpc) is 1.64. The summed E-state index contributed by atoms with van der Waals surface area (Å²) >= 11 is 0. The van der Waals surface area contributed by atoms with Gasteiger partial charge in [0.15, 0.2) is 0 Å². The molecular formula is C6H12NO. The van der Waals surface area contributed by atoms with Crippen LogP contribution in [0.25, 0.3) is 0 Å². The molecule has 0 aliphatic carbocycles. The molecule has 47 valence electrons. The predicted octanol–water partition coefficient (Wildman–Crippen LogP) is -0.113. The van der Waals surface area contributed by atoms with Crippen molar-refractivity contribution in [2.75, 3.05) is 19.6 Å². The van der Waals surface area contributed by atoms with Gasteiger partial charge in [0.25, 0.3) is 0 Å². The van der Waals surface area contributed by atoms with Gasteiger partial charge in [-0.3, -0.25) is 4.90 Å². The zero-order valence-corrected chi connectivity index (χ0v) is 5.01. The summed E-state index contributed by atoms with van der Waals surface area (Å²) in [6.07, 6.45) is 0.897. The number of aliphatic hydroxyl groups excluding tert-OH is 1. The van der Waals surface area contributed by atoms with Gasteiger partial charge in [0.2, 0.25) is 0 Å². The van der Waals surface area contributed by atoms with Gasteiger partial charge >= 0.3 is 0 Å². The molecular weight excluding hydrogens is 102 g/mol. The molecule has 0 amide bonds. The smallest absolute Gasteiger partial charge is 0.0793 e. The largest absolute Gasteiger partial charge is 0.390 e. The lowest BCUT2D eigenvalue weighted by atomic mass is 10.2. The Bertz CT molecular complexity index is 66.2. The van der Waals surface area contributed by atoms with Crippen molar-refractivity contribution in [2.24, 2.45) is 0 Å². The monoisotopic (exact) mass is 114 g/mol. The SMILES string of the molecule is [CH2]CCN1CC(O)C1. The number of likely N-dealkylation sites (tertiary alicyclic amines) is 1. The molecule has 0 atom stereocenters. The lowest BCUT2D eigenvalue weighted by Crippen LogP contribution is -2.50. The van der Waals surface area contributed by atoms with Crippen molar-refractivity contribution in [1.82, 2.24) is 4.90 Å². The fourth-order valence-electron chi connectivity index (χ4n) is 0.949.